The van der Waals surface area contributed by atoms with E-state index in [-0.39, 0.29) is 6.54 Å². The maximum absolute atomic E-state index is 12.6. The summed E-state index contributed by atoms with van der Waals surface area (Å²) in [5.74, 6) is -0.559. The van der Waals surface area contributed by atoms with E-state index in [0.29, 0.717) is 9.13 Å². The Hall–Kier alpha value is -0.920. The molecule has 0 fully saturated rings. The lowest BCUT2D eigenvalue weighted by molar-refractivity contribution is 0.153. The SMILES string of the molecule is CN(Cc1cnc(F)cc1I)C(=O)O. The van der Waals surface area contributed by atoms with E-state index >= 15 is 0 Å². The highest BCUT2D eigenvalue weighted by Crippen LogP contribution is 2.13. The number of carboxylic acid groups (broad SMARTS) is 1. The van der Waals surface area contributed by atoms with E-state index < -0.39 is 12.0 Å². The highest BCUT2D eigenvalue weighted by molar-refractivity contribution is 14.1. The van der Waals surface area contributed by atoms with Crippen LogP contribution in [0, 0.1) is 9.52 Å². The van der Waals surface area contributed by atoms with Crippen LogP contribution in [0.4, 0.5) is 9.18 Å². The lowest BCUT2D eigenvalue weighted by Crippen LogP contribution is -2.24. The fourth-order valence-electron chi connectivity index (χ4n) is 0.875. The third-order valence-electron chi connectivity index (χ3n) is 1.63. The number of rotatable bonds is 2. The zero-order valence-electron chi connectivity index (χ0n) is 7.37. The molecule has 1 aromatic rings. The van der Waals surface area contributed by atoms with Crippen molar-refractivity contribution in [1.29, 1.82) is 0 Å². The van der Waals surface area contributed by atoms with Crippen LogP contribution in [0.15, 0.2) is 12.3 Å². The maximum atomic E-state index is 12.6. The third kappa shape index (κ3) is 2.79. The van der Waals surface area contributed by atoms with Crippen molar-refractivity contribution in [2.45, 2.75) is 6.54 Å². The van der Waals surface area contributed by atoms with E-state index in [4.69, 9.17) is 5.11 Å². The Morgan fingerprint density at radius 2 is 2.43 bits per heavy atom. The molecule has 1 rings (SSSR count). The van der Waals surface area contributed by atoms with Crippen LogP contribution in [0.25, 0.3) is 0 Å². The molecular weight excluding hydrogens is 302 g/mol. The van der Waals surface area contributed by atoms with E-state index in [1.54, 1.807) is 0 Å². The van der Waals surface area contributed by atoms with Gasteiger partial charge in [-0.15, -0.1) is 0 Å². The monoisotopic (exact) mass is 310 g/mol. The number of hydrogen-bond acceptors (Lipinski definition) is 2. The fourth-order valence-corrected chi connectivity index (χ4v) is 1.44. The van der Waals surface area contributed by atoms with Gasteiger partial charge >= 0.3 is 6.09 Å². The van der Waals surface area contributed by atoms with Crippen molar-refractivity contribution in [3.63, 3.8) is 0 Å². The Morgan fingerprint density at radius 3 is 2.93 bits per heavy atom. The van der Waals surface area contributed by atoms with E-state index in [1.165, 1.54) is 19.3 Å². The maximum Gasteiger partial charge on any atom is 0.407 e. The normalized spacial score (nSPS) is 9.93. The molecule has 0 unspecified atom stereocenters. The van der Waals surface area contributed by atoms with Gasteiger partial charge in [-0.25, -0.2) is 9.78 Å². The van der Waals surface area contributed by atoms with Crippen molar-refractivity contribution < 1.29 is 14.3 Å². The molecule has 76 valence electrons. The number of hydrogen-bond donors (Lipinski definition) is 1. The van der Waals surface area contributed by atoms with Crippen LogP contribution < -0.4 is 0 Å². The first-order valence-corrected chi connectivity index (χ1v) is 4.82. The molecule has 14 heavy (non-hydrogen) atoms. The lowest BCUT2D eigenvalue weighted by Gasteiger charge is -2.13. The molecule has 0 radical (unpaired) electrons. The quantitative estimate of drug-likeness (QED) is 0.671. The average molecular weight is 310 g/mol. The van der Waals surface area contributed by atoms with Crippen molar-refractivity contribution >= 4 is 28.7 Å². The highest BCUT2D eigenvalue weighted by Gasteiger charge is 2.09. The Balaban J connectivity index is 2.82. The van der Waals surface area contributed by atoms with Crippen LogP contribution in [0.1, 0.15) is 5.56 Å². The van der Waals surface area contributed by atoms with Crippen LogP contribution in [0.2, 0.25) is 0 Å². The van der Waals surface area contributed by atoms with Crippen LogP contribution >= 0.6 is 22.6 Å². The molecule has 0 atom stereocenters. The third-order valence-corrected chi connectivity index (χ3v) is 2.63. The van der Waals surface area contributed by atoms with Gasteiger partial charge in [0.25, 0.3) is 0 Å². The van der Waals surface area contributed by atoms with Gasteiger partial charge in [0.15, 0.2) is 0 Å². The summed E-state index contributed by atoms with van der Waals surface area (Å²) in [5.41, 5.74) is 0.692. The molecule has 0 saturated heterocycles. The van der Waals surface area contributed by atoms with Gasteiger partial charge in [-0.1, -0.05) is 0 Å². The first kappa shape index (κ1) is 11.2. The van der Waals surface area contributed by atoms with Gasteiger partial charge < -0.3 is 10.0 Å². The van der Waals surface area contributed by atoms with Gasteiger partial charge in [-0.2, -0.15) is 4.39 Å². The van der Waals surface area contributed by atoms with Crippen molar-refractivity contribution in [1.82, 2.24) is 9.88 Å². The zero-order chi connectivity index (χ0) is 10.7. The van der Waals surface area contributed by atoms with E-state index in [0.717, 1.165) is 4.90 Å². The Kier molecular flexibility index (Phi) is 3.62. The van der Waals surface area contributed by atoms with Crippen molar-refractivity contribution in [2.75, 3.05) is 7.05 Å². The molecule has 0 spiro atoms. The molecule has 4 nitrogen and oxygen atoms in total. The summed E-state index contributed by atoms with van der Waals surface area (Å²) in [6.07, 6.45) is 0.321. The molecule has 1 heterocycles. The standard InChI is InChI=1S/C8H8FIN2O2/c1-12(8(13)14)4-5-3-11-7(9)2-6(5)10/h2-3H,4H2,1H3,(H,13,14). The van der Waals surface area contributed by atoms with Crippen molar-refractivity contribution in [3.05, 3.63) is 27.3 Å². The minimum absolute atomic E-state index is 0.209. The summed E-state index contributed by atoms with van der Waals surface area (Å²) in [6.45, 7) is 0.209. The number of aromatic nitrogens is 1. The Bertz CT molecular complexity index is 359. The molecular formula is C8H8FIN2O2. The van der Waals surface area contributed by atoms with Gasteiger partial charge in [0.05, 0.1) is 6.54 Å². The minimum atomic E-state index is -1.02. The summed E-state index contributed by atoms with van der Waals surface area (Å²) < 4.78 is 13.3. The molecule has 1 aromatic heterocycles. The Labute approximate surface area is 93.9 Å². The van der Waals surface area contributed by atoms with E-state index in [9.17, 15) is 9.18 Å². The van der Waals surface area contributed by atoms with Gasteiger partial charge in [0.1, 0.15) is 0 Å². The first-order chi connectivity index (χ1) is 6.50. The molecule has 6 heteroatoms. The van der Waals surface area contributed by atoms with Gasteiger partial charge in [0, 0.05) is 28.4 Å². The minimum Gasteiger partial charge on any atom is -0.465 e. The number of halogens is 2. The summed E-state index contributed by atoms with van der Waals surface area (Å²) in [5, 5.41) is 8.62. The van der Waals surface area contributed by atoms with E-state index in [2.05, 4.69) is 4.98 Å². The van der Waals surface area contributed by atoms with Crippen LogP contribution in [-0.2, 0) is 6.54 Å². The number of amides is 1. The highest BCUT2D eigenvalue weighted by atomic mass is 127. The zero-order valence-corrected chi connectivity index (χ0v) is 9.53. The number of carbonyl (C=O) groups is 1. The molecule has 1 N–H and O–H groups in total. The van der Waals surface area contributed by atoms with Gasteiger partial charge in [-0.3, -0.25) is 0 Å². The Morgan fingerprint density at radius 1 is 1.79 bits per heavy atom. The topological polar surface area (TPSA) is 53.4 Å². The number of pyridine rings is 1. The summed E-state index contributed by atoms with van der Waals surface area (Å²) in [7, 11) is 1.45. The molecule has 1 amide bonds. The second-order valence-electron chi connectivity index (χ2n) is 2.74. The van der Waals surface area contributed by atoms with Crippen LogP contribution in [0.3, 0.4) is 0 Å². The summed E-state index contributed by atoms with van der Waals surface area (Å²) in [6, 6.07) is 1.27. The molecule has 0 aliphatic heterocycles. The fraction of sp³-hybridized carbons (Fsp3) is 0.250. The van der Waals surface area contributed by atoms with Crippen molar-refractivity contribution in [3.8, 4) is 0 Å². The lowest BCUT2D eigenvalue weighted by atomic mass is 10.3. The van der Waals surface area contributed by atoms with Gasteiger partial charge in [0.2, 0.25) is 5.95 Å². The molecule has 0 aromatic carbocycles. The van der Waals surface area contributed by atoms with Crippen LogP contribution in [-0.4, -0.2) is 28.1 Å². The van der Waals surface area contributed by atoms with E-state index in [1.807, 2.05) is 22.6 Å². The first-order valence-electron chi connectivity index (χ1n) is 3.74. The second kappa shape index (κ2) is 4.54. The second-order valence-corrected chi connectivity index (χ2v) is 3.90. The summed E-state index contributed by atoms with van der Waals surface area (Å²) in [4.78, 5) is 15.1. The molecule has 0 bridgehead atoms. The largest absolute Gasteiger partial charge is 0.465 e. The smallest absolute Gasteiger partial charge is 0.407 e. The molecule has 0 aliphatic rings. The van der Waals surface area contributed by atoms with Crippen molar-refractivity contribution in [2.24, 2.45) is 0 Å². The molecule has 0 aliphatic carbocycles. The predicted molar refractivity (Wildman–Crippen MR) is 56.4 cm³/mol. The number of nitrogens with zero attached hydrogens (tertiary/aromatic N) is 2. The van der Waals surface area contributed by atoms with Gasteiger partial charge in [-0.05, 0) is 22.6 Å². The average Bonchev–Trinajstić information content (AvgIpc) is 2.09. The predicted octanol–water partition coefficient (Wildman–Crippen LogP) is 1.94. The van der Waals surface area contributed by atoms with Crippen LogP contribution in [0.5, 0.6) is 0 Å². The molecule has 0 saturated carbocycles. The summed E-state index contributed by atoms with van der Waals surface area (Å²) >= 11 is 1.94.